The molecule has 0 bridgehead atoms. The van der Waals surface area contributed by atoms with Crippen molar-refractivity contribution in [3.8, 4) is 0 Å². The third kappa shape index (κ3) is 4.31. The first-order valence-corrected chi connectivity index (χ1v) is 5.94. The Hall–Kier alpha value is -0.260. The summed E-state index contributed by atoms with van der Waals surface area (Å²) in [5.41, 5.74) is 0. The van der Waals surface area contributed by atoms with Crippen LogP contribution in [0.4, 0.5) is 8.78 Å². The van der Waals surface area contributed by atoms with Gasteiger partial charge in [-0.25, -0.2) is 8.78 Å². The van der Waals surface area contributed by atoms with E-state index in [9.17, 15) is 13.9 Å². The van der Waals surface area contributed by atoms with E-state index in [1.165, 1.54) is 0 Å². The van der Waals surface area contributed by atoms with Crippen LogP contribution in [0.1, 0.15) is 20.3 Å². The molecule has 0 aromatic rings. The van der Waals surface area contributed by atoms with Gasteiger partial charge < -0.3 is 15.3 Å². The van der Waals surface area contributed by atoms with E-state index in [1.807, 2.05) is 0 Å². The standard InChI is InChI=1S/C11H22F2N2O/c1-3-15-6-9(8(2)16)4-10(7-15)14-5-11(12)13/h8-11,14,16H,3-7H2,1-2H3. The molecule has 1 heterocycles. The highest BCUT2D eigenvalue weighted by Crippen LogP contribution is 2.20. The van der Waals surface area contributed by atoms with Crippen molar-refractivity contribution in [3.63, 3.8) is 0 Å². The summed E-state index contributed by atoms with van der Waals surface area (Å²) in [5.74, 6) is 0.184. The highest BCUT2D eigenvalue weighted by atomic mass is 19.3. The number of nitrogens with one attached hydrogen (secondary N) is 1. The van der Waals surface area contributed by atoms with Crippen molar-refractivity contribution < 1.29 is 13.9 Å². The second-order valence-corrected chi connectivity index (χ2v) is 4.58. The van der Waals surface area contributed by atoms with E-state index < -0.39 is 6.43 Å². The lowest BCUT2D eigenvalue weighted by molar-refractivity contribution is 0.0454. The molecule has 0 spiro atoms. The van der Waals surface area contributed by atoms with Crippen LogP contribution in [0.5, 0.6) is 0 Å². The van der Waals surface area contributed by atoms with Gasteiger partial charge in [-0.1, -0.05) is 6.92 Å². The normalized spacial score (nSPS) is 29.6. The summed E-state index contributed by atoms with van der Waals surface area (Å²) >= 11 is 0. The average Bonchev–Trinajstić information content (AvgIpc) is 2.25. The van der Waals surface area contributed by atoms with Crippen molar-refractivity contribution in [2.45, 2.75) is 38.8 Å². The maximum absolute atomic E-state index is 12.1. The van der Waals surface area contributed by atoms with Gasteiger partial charge in [-0.2, -0.15) is 0 Å². The number of hydrogen-bond acceptors (Lipinski definition) is 3. The molecule has 1 rings (SSSR count). The molecule has 16 heavy (non-hydrogen) atoms. The maximum atomic E-state index is 12.1. The molecule has 2 N–H and O–H groups in total. The van der Waals surface area contributed by atoms with E-state index >= 15 is 0 Å². The monoisotopic (exact) mass is 236 g/mol. The first-order valence-electron chi connectivity index (χ1n) is 5.94. The van der Waals surface area contributed by atoms with Gasteiger partial charge in [-0.3, -0.25) is 0 Å². The van der Waals surface area contributed by atoms with Crippen molar-refractivity contribution in [1.82, 2.24) is 10.2 Å². The van der Waals surface area contributed by atoms with Gasteiger partial charge in [-0.15, -0.1) is 0 Å². The van der Waals surface area contributed by atoms with Gasteiger partial charge >= 0.3 is 0 Å². The van der Waals surface area contributed by atoms with Crippen molar-refractivity contribution in [2.24, 2.45) is 5.92 Å². The zero-order valence-electron chi connectivity index (χ0n) is 10.00. The predicted octanol–water partition coefficient (Wildman–Crippen LogP) is 0.932. The summed E-state index contributed by atoms with van der Waals surface area (Å²) in [7, 11) is 0. The molecular weight excluding hydrogens is 214 g/mol. The zero-order chi connectivity index (χ0) is 12.1. The van der Waals surface area contributed by atoms with Crippen LogP contribution in [0.15, 0.2) is 0 Å². The Morgan fingerprint density at radius 3 is 2.62 bits per heavy atom. The lowest BCUT2D eigenvalue weighted by Crippen LogP contribution is -2.52. The van der Waals surface area contributed by atoms with Crippen molar-refractivity contribution in [3.05, 3.63) is 0 Å². The molecule has 1 aliphatic rings. The van der Waals surface area contributed by atoms with Gasteiger partial charge in [0.2, 0.25) is 0 Å². The molecule has 0 aliphatic carbocycles. The van der Waals surface area contributed by atoms with E-state index in [0.717, 1.165) is 26.1 Å². The van der Waals surface area contributed by atoms with Crippen molar-refractivity contribution in [2.75, 3.05) is 26.2 Å². The lowest BCUT2D eigenvalue weighted by Gasteiger charge is -2.38. The van der Waals surface area contributed by atoms with E-state index in [1.54, 1.807) is 6.92 Å². The second-order valence-electron chi connectivity index (χ2n) is 4.58. The van der Waals surface area contributed by atoms with E-state index in [4.69, 9.17) is 0 Å². The van der Waals surface area contributed by atoms with Gasteiger partial charge in [-0.05, 0) is 25.8 Å². The number of hydrogen-bond donors (Lipinski definition) is 2. The van der Waals surface area contributed by atoms with E-state index in [2.05, 4.69) is 17.1 Å². The molecule has 0 aromatic carbocycles. The van der Waals surface area contributed by atoms with Crippen LogP contribution in [-0.4, -0.2) is 54.8 Å². The van der Waals surface area contributed by atoms with Crippen LogP contribution < -0.4 is 5.32 Å². The Morgan fingerprint density at radius 2 is 2.12 bits per heavy atom. The molecule has 3 unspecified atom stereocenters. The zero-order valence-corrected chi connectivity index (χ0v) is 10.00. The number of nitrogens with zero attached hydrogens (tertiary/aromatic N) is 1. The minimum atomic E-state index is -2.30. The summed E-state index contributed by atoms with van der Waals surface area (Å²) in [6, 6.07) is 0.0716. The molecule has 1 aliphatic heterocycles. The van der Waals surface area contributed by atoms with Crippen LogP contribution in [0.2, 0.25) is 0 Å². The fourth-order valence-electron chi connectivity index (χ4n) is 2.24. The van der Waals surface area contributed by atoms with Gasteiger partial charge in [0.25, 0.3) is 6.43 Å². The maximum Gasteiger partial charge on any atom is 0.250 e. The molecule has 1 fully saturated rings. The van der Waals surface area contributed by atoms with Crippen LogP contribution in [0.25, 0.3) is 0 Å². The quantitative estimate of drug-likeness (QED) is 0.745. The van der Waals surface area contributed by atoms with Gasteiger partial charge in [0, 0.05) is 19.1 Å². The topological polar surface area (TPSA) is 35.5 Å². The fourth-order valence-corrected chi connectivity index (χ4v) is 2.24. The molecular formula is C11H22F2N2O. The average molecular weight is 236 g/mol. The van der Waals surface area contributed by atoms with Crippen LogP contribution in [-0.2, 0) is 0 Å². The largest absolute Gasteiger partial charge is 0.393 e. The number of aliphatic hydroxyl groups excluding tert-OH is 1. The molecule has 5 heteroatoms. The number of aliphatic hydroxyl groups is 1. The number of alkyl halides is 2. The Bertz CT molecular complexity index is 202. The molecule has 3 nitrogen and oxygen atoms in total. The fraction of sp³-hybridized carbons (Fsp3) is 1.00. The SMILES string of the molecule is CCN1CC(NCC(F)F)CC(C(C)O)C1. The summed E-state index contributed by atoms with van der Waals surface area (Å²) in [4.78, 5) is 2.20. The number of rotatable bonds is 5. The first kappa shape index (κ1) is 13.8. The summed E-state index contributed by atoms with van der Waals surface area (Å²) in [5, 5.41) is 12.5. The lowest BCUT2D eigenvalue weighted by atomic mass is 9.90. The number of piperidine rings is 1. The van der Waals surface area contributed by atoms with Gasteiger partial charge in [0.15, 0.2) is 0 Å². The highest BCUT2D eigenvalue weighted by Gasteiger charge is 2.29. The Labute approximate surface area is 95.8 Å². The number of likely N-dealkylation sites (tertiary alicyclic amines) is 1. The van der Waals surface area contributed by atoms with Crippen molar-refractivity contribution >= 4 is 0 Å². The smallest absolute Gasteiger partial charge is 0.250 e. The molecule has 96 valence electrons. The minimum absolute atomic E-state index is 0.0716. The van der Waals surface area contributed by atoms with E-state index in [0.29, 0.717) is 0 Å². The second kappa shape index (κ2) is 6.47. The molecule has 0 aromatic heterocycles. The summed E-state index contributed by atoms with van der Waals surface area (Å²) in [6.45, 7) is 6.13. The third-order valence-electron chi connectivity index (χ3n) is 3.25. The molecule has 0 amide bonds. The summed E-state index contributed by atoms with van der Waals surface area (Å²) < 4.78 is 24.2. The number of halogens is 2. The molecule has 0 radical (unpaired) electrons. The minimum Gasteiger partial charge on any atom is -0.393 e. The van der Waals surface area contributed by atoms with Gasteiger partial charge in [0.1, 0.15) is 0 Å². The number of likely N-dealkylation sites (N-methyl/N-ethyl adjacent to an activating group) is 1. The molecule has 3 atom stereocenters. The first-order chi connectivity index (χ1) is 7.52. The third-order valence-corrected chi connectivity index (χ3v) is 3.25. The molecule has 1 saturated heterocycles. The Morgan fingerprint density at radius 1 is 1.44 bits per heavy atom. The van der Waals surface area contributed by atoms with Crippen LogP contribution in [0.3, 0.4) is 0 Å². The molecule has 0 saturated carbocycles. The van der Waals surface area contributed by atoms with E-state index in [-0.39, 0.29) is 24.6 Å². The Balaban J connectivity index is 2.44. The van der Waals surface area contributed by atoms with Gasteiger partial charge in [0.05, 0.1) is 12.6 Å². The van der Waals surface area contributed by atoms with Crippen LogP contribution >= 0.6 is 0 Å². The summed E-state index contributed by atoms with van der Waals surface area (Å²) in [6.07, 6.45) is -1.90. The van der Waals surface area contributed by atoms with Crippen LogP contribution in [0, 0.1) is 5.92 Å². The van der Waals surface area contributed by atoms with Crippen molar-refractivity contribution in [1.29, 1.82) is 0 Å². The predicted molar refractivity (Wildman–Crippen MR) is 59.7 cm³/mol. The highest BCUT2D eigenvalue weighted by molar-refractivity contribution is 4.85. The Kier molecular flexibility index (Phi) is 5.58.